The number of amides is 1. The lowest BCUT2D eigenvalue weighted by Crippen LogP contribution is -2.34. The van der Waals surface area contributed by atoms with E-state index in [4.69, 9.17) is 11.6 Å². The Kier molecular flexibility index (Phi) is 3.44. The molecular formula is C14H16ClN3O. The van der Waals surface area contributed by atoms with Crippen LogP contribution in [-0.4, -0.2) is 42.0 Å². The van der Waals surface area contributed by atoms with Crippen molar-refractivity contribution in [3.63, 3.8) is 0 Å². The highest BCUT2D eigenvalue weighted by atomic mass is 35.5. The van der Waals surface area contributed by atoms with Gasteiger partial charge in [0, 0.05) is 35.6 Å². The molecule has 0 bridgehead atoms. The molecule has 100 valence electrons. The molecule has 0 spiro atoms. The quantitative estimate of drug-likeness (QED) is 0.840. The maximum Gasteiger partial charge on any atom is 0.270 e. The standard InChI is InChI=1S/C14H16ClN3O/c15-11-2-3-12-10(8-11)9-13(17-12)14(19)18-6-1-4-16-5-7-18/h2-3,8-9,16-17H,1,4-7H2. The fourth-order valence-electron chi connectivity index (χ4n) is 2.44. The largest absolute Gasteiger partial charge is 0.351 e. The zero-order valence-corrected chi connectivity index (χ0v) is 11.3. The van der Waals surface area contributed by atoms with Gasteiger partial charge >= 0.3 is 0 Å². The molecule has 4 nitrogen and oxygen atoms in total. The minimum atomic E-state index is 0.0658. The van der Waals surface area contributed by atoms with Crippen molar-refractivity contribution in [2.45, 2.75) is 6.42 Å². The normalized spacial score (nSPS) is 16.6. The van der Waals surface area contributed by atoms with Crippen LogP contribution in [-0.2, 0) is 0 Å². The minimum absolute atomic E-state index is 0.0658. The van der Waals surface area contributed by atoms with E-state index in [0.29, 0.717) is 10.7 Å². The number of aromatic nitrogens is 1. The first-order valence-electron chi connectivity index (χ1n) is 6.52. The van der Waals surface area contributed by atoms with Crippen LogP contribution in [0.1, 0.15) is 16.9 Å². The number of benzene rings is 1. The average Bonchev–Trinajstić information content (AvgIpc) is 2.64. The van der Waals surface area contributed by atoms with Crippen LogP contribution in [0.5, 0.6) is 0 Å². The molecular weight excluding hydrogens is 262 g/mol. The molecule has 1 aromatic carbocycles. The van der Waals surface area contributed by atoms with Crippen LogP contribution in [0.3, 0.4) is 0 Å². The van der Waals surface area contributed by atoms with E-state index in [9.17, 15) is 4.79 Å². The van der Waals surface area contributed by atoms with Crippen LogP contribution in [0, 0.1) is 0 Å². The summed E-state index contributed by atoms with van der Waals surface area (Å²) in [4.78, 5) is 17.5. The molecule has 0 radical (unpaired) electrons. The number of carbonyl (C=O) groups is 1. The van der Waals surface area contributed by atoms with Gasteiger partial charge in [0.05, 0.1) is 0 Å². The number of aromatic amines is 1. The Hall–Kier alpha value is -1.52. The monoisotopic (exact) mass is 277 g/mol. The van der Waals surface area contributed by atoms with E-state index < -0.39 is 0 Å². The Bertz CT molecular complexity index is 600. The second-order valence-corrected chi connectivity index (χ2v) is 5.25. The summed E-state index contributed by atoms with van der Waals surface area (Å²) in [6.45, 7) is 3.40. The third-order valence-corrected chi connectivity index (χ3v) is 3.68. The van der Waals surface area contributed by atoms with E-state index in [1.54, 1.807) is 0 Å². The third kappa shape index (κ3) is 2.60. The summed E-state index contributed by atoms with van der Waals surface area (Å²) in [5.74, 6) is 0.0658. The van der Waals surface area contributed by atoms with E-state index in [0.717, 1.165) is 43.5 Å². The predicted octanol–water partition coefficient (Wildman–Crippen LogP) is 2.26. The van der Waals surface area contributed by atoms with Crippen LogP contribution in [0.2, 0.25) is 5.02 Å². The van der Waals surface area contributed by atoms with Crippen LogP contribution >= 0.6 is 11.6 Å². The van der Waals surface area contributed by atoms with E-state index >= 15 is 0 Å². The lowest BCUT2D eigenvalue weighted by Gasteiger charge is -2.18. The Morgan fingerprint density at radius 2 is 2.11 bits per heavy atom. The van der Waals surface area contributed by atoms with Crippen LogP contribution < -0.4 is 5.32 Å². The Morgan fingerprint density at radius 3 is 3.00 bits per heavy atom. The second-order valence-electron chi connectivity index (χ2n) is 4.81. The lowest BCUT2D eigenvalue weighted by atomic mass is 10.2. The first-order chi connectivity index (χ1) is 9.24. The molecule has 1 aromatic heterocycles. The van der Waals surface area contributed by atoms with Gasteiger partial charge in [0.15, 0.2) is 0 Å². The third-order valence-electron chi connectivity index (χ3n) is 3.44. The Balaban J connectivity index is 1.88. The van der Waals surface area contributed by atoms with Crippen molar-refractivity contribution < 1.29 is 4.79 Å². The molecule has 1 aliphatic heterocycles. The zero-order chi connectivity index (χ0) is 13.2. The van der Waals surface area contributed by atoms with Crippen molar-refractivity contribution in [1.82, 2.24) is 15.2 Å². The van der Waals surface area contributed by atoms with E-state index in [1.807, 2.05) is 29.2 Å². The molecule has 0 unspecified atom stereocenters. The predicted molar refractivity (Wildman–Crippen MR) is 76.7 cm³/mol. The highest BCUT2D eigenvalue weighted by Gasteiger charge is 2.18. The number of hydrogen-bond donors (Lipinski definition) is 2. The maximum absolute atomic E-state index is 12.4. The summed E-state index contributed by atoms with van der Waals surface area (Å²) in [6, 6.07) is 7.47. The summed E-state index contributed by atoms with van der Waals surface area (Å²) >= 11 is 5.96. The van der Waals surface area contributed by atoms with Crippen molar-refractivity contribution in [3.05, 3.63) is 35.0 Å². The number of carbonyl (C=O) groups excluding carboxylic acids is 1. The molecule has 19 heavy (non-hydrogen) atoms. The molecule has 0 atom stereocenters. The molecule has 2 N–H and O–H groups in total. The van der Waals surface area contributed by atoms with Gasteiger partial charge in [-0.25, -0.2) is 0 Å². The fraction of sp³-hybridized carbons (Fsp3) is 0.357. The minimum Gasteiger partial charge on any atom is -0.351 e. The number of rotatable bonds is 1. The molecule has 2 heterocycles. The average molecular weight is 278 g/mol. The van der Waals surface area contributed by atoms with Gasteiger partial charge in [0.2, 0.25) is 0 Å². The van der Waals surface area contributed by atoms with Gasteiger partial charge in [0.1, 0.15) is 5.69 Å². The maximum atomic E-state index is 12.4. The number of nitrogens with one attached hydrogen (secondary N) is 2. The van der Waals surface area contributed by atoms with Gasteiger partial charge < -0.3 is 15.2 Å². The van der Waals surface area contributed by atoms with Crippen molar-refractivity contribution in [1.29, 1.82) is 0 Å². The van der Waals surface area contributed by atoms with Crippen molar-refractivity contribution in [2.24, 2.45) is 0 Å². The summed E-state index contributed by atoms with van der Waals surface area (Å²) in [6.07, 6.45) is 0.998. The molecule has 1 fully saturated rings. The van der Waals surface area contributed by atoms with Crippen LogP contribution in [0.15, 0.2) is 24.3 Å². The molecule has 1 amide bonds. The molecule has 2 aromatic rings. The lowest BCUT2D eigenvalue weighted by molar-refractivity contribution is 0.0761. The molecule has 0 saturated carbocycles. The highest BCUT2D eigenvalue weighted by molar-refractivity contribution is 6.31. The van der Waals surface area contributed by atoms with Crippen LogP contribution in [0.25, 0.3) is 10.9 Å². The Morgan fingerprint density at radius 1 is 1.21 bits per heavy atom. The summed E-state index contributed by atoms with van der Waals surface area (Å²) in [7, 11) is 0. The molecule has 3 rings (SSSR count). The fourth-order valence-corrected chi connectivity index (χ4v) is 2.62. The number of nitrogens with zero attached hydrogens (tertiary/aromatic N) is 1. The van der Waals surface area contributed by atoms with Crippen molar-refractivity contribution in [2.75, 3.05) is 26.2 Å². The van der Waals surface area contributed by atoms with E-state index in [-0.39, 0.29) is 5.91 Å². The van der Waals surface area contributed by atoms with Crippen molar-refractivity contribution >= 4 is 28.4 Å². The van der Waals surface area contributed by atoms with Gasteiger partial charge in [-0.1, -0.05) is 11.6 Å². The topological polar surface area (TPSA) is 48.1 Å². The number of H-pyrrole nitrogens is 1. The second kappa shape index (κ2) is 5.23. The van der Waals surface area contributed by atoms with Gasteiger partial charge in [-0.05, 0) is 37.2 Å². The first kappa shape index (κ1) is 12.5. The van der Waals surface area contributed by atoms with Gasteiger partial charge in [-0.3, -0.25) is 4.79 Å². The molecule has 1 saturated heterocycles. The number of fused-ring (bicyclic) bond motifs is 1. The number of hydrogen-bond acceptors (Lipinski definition) is 2. The van der Waals surface area contributed by atoms with Gasteiger partial charge in [0.25, 0.3) is 5.91 Å². The highest BCUT2D eigenvalue weighted by Crippen LogP contribution is 2.21. The van der Waals surface area contributed by atoms with E-state index in [1.165, 1.54) is 0 Å². The molecule has 5 heteroatoms. The molecule has 0 aliphatic carbocycles. The van der Waals surface area contributed by atoms with E-state index in [2.05, 4.69) is 10.3 Å². The van der Waals surface area contributed by atoms with Crippen LogP contribution in [0.4, 0.5) is 0 Å². The molecule has 1 aliphatic rings. The smallest absolute Gasteiger partial charge is 0.270 e. The van der Waals surface area contributed by atoms with Gasteiger partial charge in [-0.15, -0.1) is 0 Å². The van der Waals surface area contributed by atoms with Crippen molar-refractivity contribution in [3.8, 4) is 0 Å². The number of halogens is 1. The summed E-state index contributed by atoms with van der Waals surface area (Å²) in [5.41, 5.74) is 1.58. The summed E-state index contributed by atoms with van der Waals surface area (Å²) < 4.78 is 0. The SMILES string of the molecule is O=C(c1cc2cc(Cl)ccc2[nH]1)N1CCCNCC1. The first-order valence-corrected chi connectivity index (χ1v) is 6.90. The summed E-state index contributed by atoms with van der Waals surface area (Å²) in [5, 5.41) is 4.96. The zero-order valence-electron chi connectivity index (χ0n) is 10.6. The van der Waals surface area contributed by atoms with Gasteiger partial charge in [-0.2, -0.15) is 0 Å². The Labute approximate surface area is 116 Å².